The van der Waals surface area contributed by atoms with Gasteiger partial charge in [-0.1, -0.05) is 19.1 Å². The van der Waals surface area contributed by atoms with Crippen molar-refractivity contribution in [2.75, 3.05) is 7.11 Å². The van der Waals surface area contributed by atoms with Crippen LogP contribution in [-0.4, -0.2) is 18.1 Å². The summed E-state index contributed by atoms with van der Waals surface area (Å²) >= 11 is 0. The number of hydrogen-bond donors (Lipinski definition) is 1. The number of aryl methyl sites for hydroxylation is 1. The zero-order valence-electron chi connectivity index (χ0n) is 12.8. The molecule has 4 heteroatoms. The first-order chi connectivity index (χ1) is 10.1. The molecule has 112 valence electrons. The van der Waals surface area contributed by atoms with Crippen molar-refractivity contribution in [3.05, 3.63) is 47.7 Å². The molecule has 0 radical (unpaired) electrons. The summed E-state index contributed by atoms with van der Waals surface area (Å²) in [5.41, 5.74) is 8.18. The highest BCUT2D eigenvalue weighted by Crippen LogP contribution is 2.31. The Morgan fingerprint density at radius 1 is 1.19 bits per heavy atom. The first-order valence-corrected chi connectivity index (χ1v) is 7.15. The van der Waals surface area contributed by atoms with Crippen LogP contribution >= 0.6 is 0 Å². The molecule has 1 aromatic heterocycles. The molecule has 1 atom stereocenters. The van der Waals surface area contributed by atoms with Crippen molar-refractivity contribution < 1.29 is 9.47 Å². The summed E-state index contributed by atoms with van der Waals surface area (Å²) in [5.74, 6) is 1.91. The Kier molecular flexibility index (Phi) is 5.17. The fraction of sp³-hybridized carbons (Fsp3) is 0.353. The van der Waals surface area contributed by atoms with Crippen molar-refractivity contribution in [2.24, 2.45) is 5.73 Å². The molecule has 0 spiro atoms. The maximum absolute atomic E-state index is 5.94. The lowest BCUT2D eigenvalue weighted by Crippen LogP contribution is -2.21. The maximum atomic E-state index is 5.94. The fourth-order valence-electron chi connectivity index (χ4n) is 2.01. The van der Waals surface area contributed by atoms with Gasteiger partial charge in [0.1, 0.15) is 0 Å². The molecule has 1 aromatic carbocycles. The summed E-state index contributed by atoms with van der Waals surface area (Å²) in [6.07, 6.45) is 3.60. The third kappa shape index (κ3) is 4.20. The highest BCUT2D eigenvalue weighted by atomic mass is 16.5. The summed E-state index contributed by atoms with van der Waals surface area (Å²) in [6.45, 7) is 4.09. The third-order valence-electron chi connectivity index (χ3n) is 3.35. The van der Waals surface area contributed by atoms with E-state index in [9.17, 15) is 0 Å². The van der Waals surface area contributed by atoms with E-state index in [2.05, 4.69) is 11.9 Å². The van der Waals surface area contributed by atoms with Gasteiger partial charge in [-0.25, -0.2) is 4.98 Å². The molecular formula is C17H22N2O2. The lowest BCUT2D eigenvalue weighted by molar-refractivity contribution is 0.374. The van der Waals surface area contributed by atoms with Crippen LogP contribution in [0.2, 0.25) is 0 Å². The zero-order chi connectivity index (χ0) is 15.2. The molecule has 2 rings (SSSR count). The number of benzene rings is 1. The molecule has 0 aliphatic rings. The molecule has 0 aliphatic heterocycles. The first kappa shape index (κ1) is 15.3. The number of nitrogens with zero attached hydrogens (tertiary/aromatic N) is 1. The second kappa shape index (κ2) is 7.09. The number of rotatable bonds is 6. The molecule has 0 saturated carbocycles. The minimum Gasteiger partial charge on any atom is -0.493 e. The van der Waals surface area contributed by atoms with E-state index in [4.69, 9.17) is 15.2 Å². The molecule has 21 heavy (non-hydrogen) atoms. The van der Waals surface area contributed by atoms with E-state index in [1.54, 1.807) is 7.11 Å². The Morgan fingerprint density at radius 3 is 2.62 bits per heavy atom. The van der Waals surface area contributed by atoms with Gasteiger partial charge in [-0.2, -0.15) is 0 Å². The summed E-state index contributed by atoms with van der Waals surface area (Å²) in [6, 6.07) is 9.83. The topological polar surface area (TPSA) is 57.4 Å². The Bertz CT molecular complexity index is 582. The van der Waals surface area contributed by atoms with Crippen LogP contribution in [0.5, 0.6) is 17.4 Å². The summed E-state index contributed by atoms with van der Waals surface area (Å²) in [7, 11) is 1.63. The summed E-state index contributed by atoms with van der Waals surface area (Å²) < 4.78 is 11.1. The van der Waals surface area contributed by atoms with Gasteiger partial charge < -0.3 is 15.2 Å². The van der Waals surface area contributed by atoms with Gasteiger partial charge >= 0.3 is 0 Å². The maximum Gasteiger partial charge on any atom is 0.219 e. The molecule has 0 saturated heterocycles. The number of ether oxygens (including phenoxy) is 2. The van der Waals surface area contributed by atoms with Gasteiger partial charge in [0.05, 0.1) is 7.11 Å². The average molecular weight is 286 g/mol. The number of methoxy groups -OCH3 is 1. The molecule has 4 nitrogen and oxygen atoms in total. The average Bonchev–Trinajstić information content (AvgIpc) is 2.50. The molecule has 2 aromatic rings. The Hall–Kier alpha value is -2.07. The van der Waals surface area contributed by atoms with Crippen molar-refractivity contribution in [2.45, 2.75) is 32.7 Å². The number of aromatic nitrogens is 1. The second-order valence-electron chi connectivity index (χ2n) is 5.13. The molecule has 0 bridgehead atoms. The van der Waals surface area contributed by atoms with E-state index in [0.717, 1.165) is 24.0 Å². The molecular weight excluding hydrogens is 264 g/mol. The molecule has 1 heterocycles. The second-order valence-corrected chi connectivity index (χ2v) is 5.13. The molecule has 1 unspecified atom stereocenters. The van der Waals surface area contributed by atoms with E-state index < -0.39 is 0 Å². The number of hydrogen-bond acceptors (Lipinski definition) is 4. The van der Waals surface area contributed by atoms with Crippen LogP contribution in [0, 0.1) is 6.92 Å². The Labute approximate surface area is 125 Å². The van der Waals surface area contributed by atoms with Crippen LogP contribution in [-0.2, 0) is 6.42 Å². The minimum atomic E-state index is 0.177. The van der Waals surface area contributed by atoms with E-state index in [-0.39, 0.29) is 6.04 Å². The highest BCUT2D eigenvalue weighted by Gasteiger charge is 2.07. The van der Waals surface area contributed by atoms with E-state index in [0.29, 0.717) is 17.4 Å². The van der Waals surface area contributed by atoms with E-state index in [1.165, 1.54) is 0 Å². The molecule has 0 amide bonds. The minimum absolute atomic E-state index is 0.177. The predicted molar refractivity (Wildman–Crippen MR) is 84.0 cm³/mol. The quantitative estimate of drug-likeness (QED) is 0.883. The van der Waals surface area contributed by atoms with E-state index >= 15 is 0 Å². The normalized spacial score (nSPS) is 12.0. The van der Waals surface area contributed by atoms with Crippen LogP contribution in [0.1, 0.15) is 24.5 Å². The standard InChI is InChI=1S/C17H22N2O2/c1-4-14(18)10-13-6-8-17(19-11-13)21-15-7-5-12(2)9-16(15)20-3/h5-9,11,14H,4,10,18H2,1-3H3. The van der Waals surface area contributed by atoms with Crippen LogP contribution in [0.3, 0.4) is 0 Å². The van der Waals surface area contributed by atoms with Crippen molar-refractivity contribution in [1.82, 2.24) is 4.98 Å². The number of pyridine rings is 1. The van der Waals surface area contributed by atoms with Gasteiger partial charge in [-0.05, 0) is 43.0 Å². The van der Waals surface area contributed by atoms with E-state index in [1.807, 2.05) is 43.5 Å². The van der Waals surface area contributed by atoms with Crippen molar-refractivity contribution in [1.29, 1.82) is 0 Å². The SMILES string of the molecule is CCC(N)Cc1ccc(Oc2ccc(C)cc2OC)nc1. The molecule has 2 N–H and O–H groups in total. The zero-order valence-corrected chi connectivity index (χ0v) is 12.8. The van der Waals surface area contributed by atoms with Crippen LogP contribution in [0.15, 0.2) is 36.5 Å². The van der Waals surface area contributed by atoms with Gasteiger partial charge in [0.25, 0.3) is 0 Å². The van der Waals surface area contributed by atoms with Crippen LogP contribution in [0.25, 0.3) is 0 Å². The van der Waals surface area contributed by atoms with Crippen LogP contribution in [0.4, 0.5) is 0 Å². The fourth-order valence-corrected chi connectivity index (χ4v) is 2.01. The summed E-state index contributed by atoms with van der Waals surface area (Å²) in [4.78, 5) is 4.33. The molecule has 0 fully saturated rings. The van der Waals surface area contributed by atoms with Crippen molar-refractivity contribution >= 4 is 0 Å². The summed E-state index contributed by atoms with van der Waals surface area (Å²) in [5, 5.41) is 0. The van der Waals surface area contributed by atoms with Crippen molar-refractivity contribution in [3.8, 4) is 17.4 Å². The van der Waals surface area contributed by atoms with Crippen LogP contribution < -0.4 is 15.2 Å². The Morgan fingerprint density at radius 2 is 2.00 bits per heavy atom. The van der Waals surface area contributed by atoms with Gasteiger partial charge in [0.15, 0.2) is 11.5 Å². The van der Waals surface area contributed by atoms with Gasteiger partial charge in [0, 0.05) is 18.3 Å². The smallest absolute Gasteiger partial charge is 0.219 e. The first-order valence-electron chi connectivity index (χ1n) is 7.15. The highest BCUT2D eigenvalue weighted by molar-refractivity contribution is 5.44. The number of nitrogens with two attached hydrogens (primary N) is 1. The van der Waals surface area contributed by atoms with Gasteiger partial charge in [-0.15, -0.1) is 0 Å². The molecule has 0 aliphatic carbocycles. The lowest BCUT2D eigenvalue weighted by Gasteiger charge is -2.11. The lowest BCUT2D eigenvalue weighted by atomic mass is 10.1. The Balaban J connectivity index is 2.10. The van der Waals surface area contributed by atoms with Gasteiger partial charge in [-0.3, -0.25) is 0 Å². The monoisotopic (exact) mass is 286 g/mol. The van der Waals surface area contributed by atoms with Crippen molar-refractivity contribution in [3.63, 3.8) is 0 Å². The predicted octanol–water partition coefficient (Wildman–Crippen LogP) is 3.47. The van der Waals surface area contributed by atoms with Gasteiger partial charge in [0.2, 0.25) is 5.88 Å². The third-order valence-corrected chi connectivity index (χ3v) is 3.35. The largest absolute Gasteiger partial charge is 0.493 e.